The summed E-state index contributed by atoms with van der Waals surface area (Å²) >= 11 is 0. The van der Waals surface area contributed by atoms with Gasteiger partial charge in [0, 0.05) is 6.42 Å². The quantitative estimate of drug-likeness (QED) is 0.554. The van der Waals surface area contributed by atoms with Gasteiger partial charge in [0.1, 0.15) is 0 Å². The van der Waals surface area contributed by atoms with Crippen molar-refractivity contribution in [3.63, 3.8) is 0 Å². The van der Waals surface area contributed by atoms with Crippen LogP contribution in [-0.4, -0.2) is 5.92 Å². The first-order chi connectivity index (χ1) is 4.95. The predicted octanol–water partition coefficient (Wildman–Crippen LogP) is 3.55. The first-order valence-corrected chi connectivity index (χ1v) is 3.63. The largest absolute Gasteiger partial charge is 0.248 e. The number of allylic oxidation sites excluding steroid dienone is 4. The van der Waals surface area contributed by atoms with Crippen LogP contribution in [0.4, 0.5) is 8.78 Å². The lowest BCUT2D eigenvalue weighted by Crippen LogP contribution is -2.06. The Bertz CT molecular complexity index is 161. The zero-order chi connectivity index (χ0) is 8.91. The van der Waals surface area contributed by atoms with E-state index in [0.29, 0.717) is 0 Å². The maximum Gasteiger partial charge on any atom is 0.248 e. The van der Waals surface area contributed by atoms with Crippen LogP contribution >= 0.6 is 0 Å². The molecule has 0 N–H and O–H groups in total. The molecule has 64 valence electrons. The molecule has 11 heavy (non-hydrogen) atoms. The van der Waals surface area contributed by atoms with Crippen LogP contribution in [0.1, 0.15) is 27.2 Å². The van der Waals surface area contributed by atoms with Gasteiger partial charge in [0.05, 0.1) is 0 Å². The summed E-state index contributed by atoms with van der Waals surface area (Å²) in [5, 5.41) is 0. The Kier molecular flexibility index (Phi) is 4.01. The van der Waals surface area contributed by atoms with E-state index in [1.54, 1.807) is 6.08 Å². The molecule has 0 fully saturated rings. The fraction of sp³-hybridized carbons (Fsp3) is 0.556. The van der Waals surface area contributed by atoms with Crippen LogP contribution in [0.15, 0.2) is 23.8 Å². The number of hydrogen-bond acceptors (Lipinski definition) is 0. The first-order valence-electron chi connectivity index (χ1n) is 3.63. The normalized spacial score (nSPS) is 14.5. The van der Waals surface area contributed by atoms with Crippen molar-refractivity contribution in [3.05, 3.63) is 23.8 Å². The van der Waals surface area contributed by atoms with Gasteiger partial charge in [-0.1, -0.05) is 23.8 Å². The van der Waals surface area contributed by atoms with Gasteiger partial charge in [0.2, 0.25) is 5.92 Å². The number of halogens is 2. The highest BCUT2D eigenvalue weighted by atomic mass is 19.3. The van der Waals surface area contributed by atoms with Gasteiger partial charge < -0.3 is 0 Å². The lowest BCUT2D eigenvalue weighted by Gasteiger charge is -2.05. The van der Waals surface area contributed by atoms with E-state index in [1.165, 1.54) is 0 Å². The summed E-state index contributed by atoms with van der Waals surface area (Å²) in [6, 6.07) is 0. The summed E-state index contributed by atoms with van der Waals surface area (Å²) in [6.07, 6.45) is 5.01. The van der Waals surface area contributed by atoms with Crippen LogP contribution < -0.4 is 0 Å². The van der Waals surface area contributed by atoms with Gasteiger partial charge in [-0.3, -0.25) is 0 Å². The Balaban J connectivity index is 3.93. The van der Waals surface area contributed by atoms with Gasteiger partial charge in [-0.2, -0.15) is 0 Å². The summed E-state index contributed by atoms with van der Waals surface area (Å²) in [7, 11) is 0. The zero-order valence-corrected chi connectivity index (χ0v) is 7.20. The van der Waals surface area contributed by atoms with E-state index >= 15 is 0 Å². The van der Waals surface area contributed by atoms with E-state index in [4.69, 9.17) is 0 Å². The van der Waals surface area contributed by atoms with Crippen LogP contribution in [0.3, 0.4) is 0 Å². The van der Waals surface area contributed by atoms with Gasteiger partial charge in [-0.25, -0.2) is 8.78 Å². The monoisotopic (exact) mass is 160 g/mol. The molecule has 0 nitrogen and oxygen atoms in total. The SMILES string of the molecule is CC=CC(C)=CCC(C)(F)F. The van der Waals surface area contributed by atoms with Gasteiger partial charge in [0.25, 0.3) is 0 Å². The molecule has 2 heteroatoms. The molecule has 0 rings (SSSR count). The molecule has 0 bridgehead atoms. The fourth-order valence-corrected chi connectivity index (χ4v) is 0.671. The van der Waals surface area contributed by atoms with Crippen LogP contribution in [0.25, 0.3) is 0 Å². The molecule has 0 heterocycles. The Hall–Kier alpha value is -0.660. The van der Waals surface area contributed by atoms with Crippen LogP contribution in [0.5, 0.6) is 0 Å². The molecule has 0 saturated heterocycles. The molecule has 0 atom stereocenters. The fourth-order valence-electron chi connectivity index (χ4n) is 0.671. The van der Waals surface area contributed by atoms with E-state index in [9.17, 15) is 8.78 Å². The molecule has 0 aliphatic heterocycles. The molecule has 0 aromatic rings. The van der Waals surface area contributed by atoms with Crippen molar-refractivity contribution >= 4 is 0 Å². The summed E-state index contributed by atoms with van der Waals surface area (Å²) in [4.78, 5) is 0. The minimum absolute atomic E-state index is 0.177. The molecule has 0 aliphatic rings. The smallest absolute Gasteiger partial charge is 0.207 e. The minimum atomic E-state index is -2.58. The third kappa shape index (κ3) is 7.23. The van der Waals surface area contributed by atoms with Gasteiger partial charge in [-0.15, -0.1) is 0 Å². The highest BCUT2D eigenvalue weighted by Crippen LogP contribution is 2.18. The Labute approximate surface area is 66.6 Å². The number of hydrogen-bond donors (Lipinski definition) is 0. The lowest BCUT2D eigenvalue weighted by atomic mass is 10.2. The van der Waals surface area contributed by atoms with Crippen molar-refractivity contribution in [2.45, 2.75) is 33.1 Å². The number of rotatable bonds is 3. The molecule has 0 amide bonds. The Morgan fingerprint density at radius 3 is 2.36 bits per heavy atom. The average Bonchev–Trinajstić information content (AvgIpc) is 1.83. The molecule has 0 aliphatic carbocycles. The molecule has 0 unspecified atom stereocenters. The number of alkyl halides is 2. The second kappa shape index (κ2) is 4.27. The second-order valence-electron chi connectivity index (χ2n) is 2.72. The maximum atomic E-state index is 12.3. The summed E-state index contributed by atoms with van der Waals surface area (Å²) in [5.41, 5.74) is 0.883. The zero-order valence-electron chi connectivity index (χ0n) is 7.20. The van der Waals surface area contributed by atoms with E-state index < -0.39 is 5.92 Å². The predicted molar refractivity (Wildman–Crippen MR) is 43.8 cm³/mol. The van der Waals surface area contributed by atoms with Crippen LogP contribution in [-0.2, 0) is 0 Å². The van der Waals surface area contributed by atoms with E-state index in [1.807, 2.05) is 26.0 Å². The second-order valence-corrected chi connectivity index (χ2v) is 2.72. The maximum absolute atomic E-state index is 12.3. The van der Waals surface area contributed by atoms with Crippen molar-refractivity contribution in [1.29, 1.82) is 0 Å². The Morgan fingerprint density at radius 1 is 1.45 bits per heavy atom. The lowest BCUT2D eigenvalue weighted by molar-refractivity contribution is 0.0253. The van der Waals surface area contributed by atoms with E-state index in [2.05, 4.69) is 0 Å². The molecule has 0 radical (unpaired) electrons. The molecule has 0 aromatic heterocycles. The first kappa shape index (κ1) is 10.3. The third-order valence-corrected chi connectivity index (χ3v) is 1.21. The molecular formula is C9H14F2. The molecule has 0 aromatic carbocycles. The van der Waals surface area contributed by atoms with Crippen molar-refractivity contribution in [2.24, 2.45) is 0 Å². The van der Waals surface area contributed by atoms with Crippen molar-refractivity contribution in [2.75, 3.05) is 0 Å². The molecule has 0 saturated carbocycles. The van der Waals surface area contributed by atoms with Gasteiger partial charge >= 0.3 is 0 Å². The van der Waals surface area contributed by atoms with Crippen LogP contribution in [0.2, 0.25) is 0 Å². The third-order valence-electron chi connectivity index (χ3n) is 1.21. The van der Waals surface area contributed by atoms with Gasteiger partial charge in [0.15, 0.2) is 0 Å². The Morgan fingerprint density at radius 2 is 2.00 bits per heavy atom. The summed E-state index contributed by atoms with van der Waals surface area (Å²) in [5.74, 6) is -2.58. The van der Waals surface area contributed by atoms with E-state index in [-0.39, 0.29) is 6.42 Å². The molecular weight excluding hydrogens is 146 g/mol. The summed E-state index contributed by atoms with van der Waals surface area (Å²) in [6.45, 7) is 4.60. The van der Waals surface area contributed by atoms with Crippen molar-refractivity contribution in [3.8, 4) is 0 Å². The highest BCUT2D eigenvalue weighted by Gasteiger charge is 2.18. The van der Waals surface area contributed by atoms with E-state index in [0.717, 1.165) is 12.5 Å². The van der Waals surface area contributed by atoms with Crippen molar-refractivity contribution < 1.29 is 8.78 Å². The van der Waals surface area contributed by atoms with Gasteiger partial charge in [-0.05, 0) is 20.8 Å². The topological polar surface area (TPSA) is 0 Å². The average molecular weight is 160 g/mol. The standard InChI is InChI=1S/C9H14F2/c1-4-5-8(2)6-7-9(3,10)11/h4-6H,7H2,1-3H3. The highest BCUT2D eigenvalue weighted by molar-refractivity contribution is 5.15. The van der Waals surface area contributed by atoms with Crippen LogP contribution in [0, 0.1) is 0 Å². The van der Waals surface area contributed by atoms with Crippen molar-refractivity contribution in [1.82, 2.24) is 0 Å². The molecule has 0 spiro atoms. The summed E-state index contributed by atoms with van der Waals surface area (Å²) < 4.78 is 24.5. The minimum Gasteiger partial charge on any atom is -0.207 e.